The Hall–Kier alpha value is -2.41. The summed E-state index contributed by atoms with van der Waals surface area (Å²) in [7, 11) is -3.91. The fourth-order valence-electron chi connectivity index (χ4n) is 2.52. The second kappa shape index (κ2) is 7.00. The summed E-state index contributed by atoms with van der Waals surface area (Å²) < 4.78 is 28.0. The lowest BCUT2D eigenvalue weighted by Crippen LogP contribution is -2.16. The van der Waals surface area contributed by atoms with E-state index in [1.54, 1.807) is 6.92 Å². The third-order valence-electron chi connectivity index (χ3n) is 3.92. The average Bonchev–Trinajstić information content (AvgIpc) is 2.54. The maximum Gasteiger partial charge on any atom is 0.273 e. The molecule has 0 aromatic heterocycles. The van der Waals surface area contributed by atoms with Crippen molar-refractivity contribution in [3.05, 3.63) is 63.2 Å². The zero-order valence-corrected chi connectivity index (χ0v) is 14.7. The van der Waals surface area contributed by atoms with Crippen molar-refractivity contribution >= 4 is 21.4 Å². The highest BCUT2D eigenvalue weighted by Gasteiger charge is 2.21. The van der Waals surface area contributed by atoms with Gasteiger partial charge in [0.2, 0.25) is 0 Å². The third-order valence-corrected chi connectivity index (χ3v) is 5.27. The molecule has 0 aliphatic rings. The van der Waals surface area contributed by atoms with Crippen LogP contribution in [0.2, 0.25) is 0 Å². The Morgan fingerprint density at radius 2 is 1.67 bits per heavy atom. The number of para-hydroxylation sites is 1. The van der Waals surface area contributed by atoms with Crippen LogP contribution in [0.4, 0.5) is 11.4 Å². The van der Waals surface area contributed by atoms with Crippen LogP contribution in [0.3, 0.4) is 0 Å². The first-order valence-electron chi connectivity index (χ1n) is 7.68. The van der Waals surface area contributed by atoms with Crippen molar-refractivity contribution in [3.63, 3.8) is 0 Å². The molecule has 2 rings (SSSR count). The number of benzene rings is 2. The summed E-state index contributed by atoms with van der Waals surface area (Å²) in [6.45, 7) is 5.47. The lowest BCUT2D eigenvalue weighted by atomic mass is 10.0. The lowest BCUT2D eigenvalue weighted by molar-refractivity contribution is -0.385. The Morgan fingerprint density at radius 1 is 1.08 bits per heavy atom. The second-order valence-corrected chi connectivity index (χ2v) is 7.15. The van der Waals surface area contributed by atoms with Crippen molar-refractivity contribution < 1.29 is 13.3 Å². The van der Waals surface area contributed by atoms with Gasteiger partial charge >= 0.3 is 0 Å². The van der Waals surface area contributed by atoms with Crippen molar-refractivity contribution in [2.75, 3.05) is 4.72 Å². The summed E-state index contributed by atoms with van der Waals surface area (Å²) in [5.74, 6) is 0. The molecule has 0 bridgehead atoms. The number of nitrogens with one attached hydrogen (secondary N) is 1. The standard InChI is InChI=1S/C17H20N2O4S/c1-4-13-7-6-8-14(5-2)17(13)18-24(22,23)15-10-9-12(3)16(11-15)19(20)21/h6-11,18H,4-5H2,1-3H3. The topological polar surface area (TPSA) is 89.3 Å². The van der Waals surface area contributed by atoms with Crippen LogP contribution in [0, 0.1) is 17.0 Å². The molecule has 0 radical (unpaired) electrons. The highest BCUT2D eigenvalue weighted by atomic mass is 32.2. The number of sulfonamides is 1. The van der Waals surface area contributed by atoms with Crippen LogP contribution in [-0.4, -0.2) is 13.3 Å². The van der Waals surface area contributed by atoms with Gasteiger partial charge < -0.3 is 0 Å². The zero-order valence-electron chi connectivity index (χ0n) is 13.9. The number of hydrogen-bond acceptors (Lipinski definition) is 4. The number of aryl methyl sites for hydroxylation is 3. The lowest BCUT2D eigenvalue weighted by Gasteiger charge is -2.15. The van der Waals surface area contributed by atoms with Gasteiger partial charge in [0.1, 0.15) is 0 Å². The normalized spacial score (nSPS) is 11.3. The molecule has 0 saturated carbocycles. The number of anilines is 1. The minimum atomic E-state index is -3.91. The number of rotatable bonds is 6. The SMILES string of the molecule is CCc1cccc(CC)c1NS(=O)(=O)c1ccc(C)c([N+](=O)[O-])c1. The minimum absolute atomic E-state index is 0.118. The van der Waals surface area contributed by atoms with Crippen LogP contribution in [0.15, 0.2) is 41.3 Å². The van der Waals surface area contributed by atoms with E-state index < -0.39 is 14.9 Å². The molecule has 0 heterocycles. The molecule has 128 valence electrons. The number of hydrogen-bond donors (Lipinski definition) is 1. The highest BCUT2D eigenvalue weighted by Crippen LogP contribution is 2.28. The first kappa shape index (κ1) is 17.9. The van der Waals surface area contributed by atoms with E-state index in [4.69, 9.17) is 0 Å². The van der Waals surface area contributed by atoms with Gasteiger partial charge in [0, 0.05) is 11.6 Å². The predicted molar refractivity (Wildman–Crippen MR) is 93.8 cm³/mol. The van der Waals surface area contributed by atoms with E-state index in [0.717, 1.165) is 17.2 Å². The predicted octanol–water partition coefficient (Wildman–Crippen LogP) is 3.83. The molecule has 1 N–H and O–H groups in total. The van der Waals surface area contributed by atoms with E-state index in [1.165, 1.54) is 12.1 Å². The van der Waals surface area contributed by atoms with Crippen molar-refractivity contribution in [2.24, 2.45) is 0 Å². The zero-order chi connectivity index (χ0) is 17.9. The van der Waals surface area contributed by atoms with Gasteiger partial charge in [-0.3, -0.25) is 14.8 Å². The molecule has 0 fully saturated rings. The van der Waals surface area contributed by atoms with Crippen LogP contribution in [0.5, 0.6) is 0 Å². The average molecular weight is 348 g/mol. The Labute approximate surface area is 141 Å². The second-order valence-electron chi connectivity index (χ2n) is 5.47. The summed E-state index contributed by atoms with van der Waals surface area (Å²) in [4.78, 5) is 10.4. The van der Waals surface area contributed by atoms with Crippen molar-refractivity contribution in [2.45, 2.75) is 38.5 Å². The molecule has 2 aromatic carbocycles. The van der Waals surface area contributed by atoms with E-state index in [0.29, 0.717) is 24.1 Å². The van der Waals surface area contributed by atoms with Crippen LogP contribution in [-0.2, 0) is 22.9 Å². The molecule has 0 atom stereocenters. The molecule has 24 heavy (non-hydrogen) atoms. The molecule has 0 saturated heterocycles. The summed E-state index contributed by atoms with van der Waals surface area (Å²) >= 11 is 0. The number of nitrogens with zero attached hydrogens (tertiary/aromatic N) is 1. The van der Waals surface area contributed by atoms with Crippen molar-refractivity contribution in [1.29, 1.82) is 0 Å². The molecule has 0 spiro atoms. The molecule has 0 unspecified atom stereocenters. The van der Waals surface area contributed by atoms with Gasteiger partial charge in [-0.1, -0.05) is 38.1 Å². The van der Waals surface area contributed by atoms with Gasteiger partial charge in [-0.2, -0.15) is 0 Å². The van der Waals surface area contributed by atoms with Crippen LogP contribution in [0.25, 0.3) is 0 Å². The summed E-state index contributed by atoms with van der Waals surface area (Å²) in [6, 6.07) is 9.55. The monoisotopic (exact) mass is 348 g/mol. The molecule has 2 aromatic rings. The largest absolute Gasteiger partial charge is 0.279 e. The molecular weight excluding hydrogens is 328 g/mol. The van der Waals surface area contributed by atoms with Gasteiger partial charge in [0.25, 0.3) is 15.7 Å². The smallest absolute Gasteiger partial charge is 0.273 e. The third kappa shape index (κ3) is 3.56. The first-order chi connectivity index (χ1) is 11.3. The molecule has 0 aliphatic carbocycles. The summed E-state index contributed by atoms with van der Waals surface area (Å²) in [5, 5.41) is 11.1. The van der Waals surface area contributed by atoms with Crippen LogP contribution < -0.4 is 4.72 Å². The van der Waals surface area contributed by atoms with Gasteiger partial charge in [-0.15, -0.1) is 0 Å². The van der Waals surface area contributed by atoms with Gasteiger partial charge in [-0.05, 0) is 37.0 Å². The Bertz CT molecular complexity index is 854. The van der Waals surface area contributed by atoms with Gasteiger partial charge in [0.05, 0.1) is 15.5 Å². The first-order valence-corrected chi connectivity index (χ1v) is 9.17. The van der Waals surface area contributed by atoms with Crippen molar-refractivity contribution in [1.82, 2.24) is 0 Å². The van der Waals surface area contributed by atoms with E-state index in [-0.39, 0.29) is 10.6 Å². The number of nitro groups is 1. The number of nitro benzene ring substituents is 1. The minimum Gasteiger partial charge on any atom is -0.279 e. The maximum absolute atomic E-state index is 12.7. The molecule has 0 amide bonds. The quantitative estimate of drug-likeness (QED) is 0.634. The molecule has 6 nitrogen and oxygen atoms in total. The van der Waals surface area contributed by atoms with E-state index in [9.17, 15) is 18.5 Å². The Balaban J connectivity index is 2.50. The molecule has 0 aliphatic heterocycles. The van der Waals surface area contributed by atoms with Gasteiger partial charge in [0.15, 0.2) is 0 Å². The fraction of sp³-hybridized carbons (Fsp3) is 0.294. The summed E-state index contributed by atoms with van der Waals surface area (Å²) in [6.07, 6.45) is 1.36. The molecule has 7 heteroatoms. The summed E-state index contributed by atoms with van der Waals surface area (Å²) in [5.41, 5.74) is 2.55. The highest BCUT2D eigenvalue weighted by molar-refractivity contribution is 7.92. The maximum atomic E-state index is 12.7. The fourth-order valence-corrected chi connectivity index (χ4v) is 3.68. The van der Waals surface area contributed by atoms with Crippen LogP contribution >= 0.6 is 0 Å². The van der Waals surface area contributed by atoms with E-state index in [2.05, 4.69) is 4.72 Å². The van der Waals surface area contributed by atoms with Crippen LogP contribution in [0.1, 0.15) is 30.5 Å². The van der Waals surface area contributed by atoms with Crippen molar-refractivity contribution in [3.8, 4) is 0 Å². The van der Waals surface area contributed by atoms with Gasteiger partial charge in [-0.25, -0.2) is 8.42 Å². The van der Waals surface area contributed by atoms with E-state index >= 15 is 0 Å². The van der Waals surface area contributed by atoms with E-state index in [1.807, 2.05) is 32.0 Å². The Morgan fingerprint density at radius 3 is 2.17 bits per heavy atom. The Kier molecular flexibility index (Phi) is 5.23. The molecular formula is C17H20N2O4S.